The van der Waals surface area contributed by atoms with Crippen LogP contribution in [0.3, 0.4) is 0 Å². The highest BCUT2D eigenvalue weighted by Crippen LogP contribution is 2.14. The van der Waals surface area contributed by atoms with Gasteiger partial charge in [-0.15, -0.1) is 10.2 Å². The molecule has 7 nitrogen and oxygen atoms in total. The van der Waals surface area contributed by atoms with Crippen LogP contribution < -0.4 is 15.4 Å². The summed E-state index contributed by atoms with van der Waals surface area (Å²) in [7, 11) is 3.44. The molecule has 0 atom stereocenters. The van der Waals surface area contributed by atoms with Gasteiger partial charge in [0.2, 0.25) is 0 Å². The van der Waals surface area contributed by atoms with Crippen LogP contribution in [0.25, 0.3) is 0 Å². The van der Waals surface area contributed by atoms with Crippen molar-refractivity contribution in [3.8, 4) is 5.75 Å². The van der Waals surface area contributed by atoms with E-state index in [0.29, 0.717) is 13.1 Å². The van der Waals surface area contributed by atoms with Crippen molar-refractivity contribution in [1.29, 1.82) is 0 Å². The van der Waals surface area contributed by atoms with Gasteiger partial charge in [0.05, 0.1) is 13.7 Å². The first-order chi connectivity index (χ1) is 11.8. The molecule has 3 rings (SSSR count). The van der Waals surface area contributed by atoms with Gasteiger partial charge >= 0.3 is 0 Å². The Morgan fingerprint density at radius 1 is 1.17 bits per heavy atom. The van der Waals surface area contributed by atoms with Crippen LogP contribution in [-0.2, 0) is 26.1 Å². The number of fused-ring (bicyclic) bond motifs is 1. The minimum Gasteiger partial charge on any atom is -0.497 e. The molecular formula is C17H24N6O. The molecule has 0 radical (unpaired) electrons. The summed E-state index contributed by atoms with van der Waals surface area (Å²) in [6.45, 7) is 2.33. The van der Waals surface area contributed by atoms with Gasteiger partial charge in [-0.05, 0) is 30.5 Å². The van der Waals surface area contributed by atoms with E-state index in [0.717, 1.165) is 36.3 Å². The van der Waals surface area contributed by atoms with Crippen molar-refractivity contribution in [2.45, 2.75) is 38.9 Å². The van der Waals surface area contributed by atoms with Crippen LogP contribution in [0.5, 0.6) is 5.75 Å². The average molecular weight is 328 g/mol. The average Bonchev–Trinajstić information content (AvgIpc) is 3.05. The molecule has 1 aliphatic rings. The Hall–Kier alpha value is -2.57. The summed E-state index contributed by atoms with van der Waals surface area (Å²) in [6.07, 6.45) is 3.43. The zero-order valence-electron chi connectivity index (χ0n) is 14.2. The molecule has 24 heavy (non-hydrogen) atoms. The van der Waals surface area contributed by atoms with Gasteiger partial charge in [-0.3, -0.25) is 4.99 Å². The van der Waals surface area contributed by atoms with Crippen LogP contribution in [0, 0.1) is 0 Å². The van der Waals surface area contributed by atoms with E-state index >= 15 is 0 Å². The maximum Gasteiger partial charge on any atom is 0.191 e. The van der Waals surface area contributed by atoms with Crippen LogP contribution in [0.15, 0.2) is 29.3 Å². The van der Waals surface area contributed by atoms with Crippen molar-refractivity contribution < 1.29 is 4.74 Å². The molecule has 0 bridgehead atoms. The third-order valence-corrected chi connectivity index (χ3v) is 4.19. The number of aromatic nitrogens is 3. The molecule has 2 aromatic rings. The third kappa shape index (κ3) is 3.84. The molecule has 0 saturated carbocycles. The van der Waals surface area contributed by atoms with Crippen molar-refractivity contribution in [3.63, 3.8) is 0 Å². The number of nitrogens with one attached hydrogen (secondary N) is 2. The van der Waals surface area contributed by atoms with E-state index in [-0.39, 0.29) is 0 Å². The number of guanidine groups is 1. The maximum absolute atomic E-state index is 5.17. The zero-order valence-corrected chi connectivity index (χ0v) is 14.2. The highest BCUT2D eigenvalue weighted by Gasteiger charge is 2.15. The largest absolute Gasteiger partial charge is 0.497 e. The van der Waals surface area contributed by atoms with E-state index in [1.807, 2.05) is 24.3 Å². The minimum atomic E-state index is 0.620. The molecule has 128 valence electrons. The Morgan fingerprint density at radius 3 is 2.71 bits per heavy atom. The standard InChI is InChI=1S/C17H24N6O/c1-18-17(19-11-13-6-8-14(24-2)9-7-13)20-12-16-22-21-15-5-3-4-10-23(15)16/h6-9H,3-5,10-12H2,1-2H3,(H2,18,19,20). The molecular weight excluding hydrogens is 304 g/mol. The SMILES string of the molecule is CN=C(NCc1ccc(OC)cc1)NCc1nnc2n1CCCC2. The van der Waals surface area contributed by atoms with Gasteiger partial charge in [0.1, 0.15) is 11.6 Å². The number of hydrogen-bond donors (Lipinski definition) is 2. The quantitative estimate of drug-likeness (QED) is 0.642. The normalized spacial score (nSPS) is 14.2. The van der Waals surface area contributed by atoms with E-state index < -0.39 is 0 Å². The van der Waals surface area contributed by atoms with E-state index in [9.17, 15) is 0 Å². The predicted molar refractivity (Wildman–Crippen MR) is 93.0 cm³/mol. The van der Waals surface area contributed by atoms with Gasteiger partial charge in [0.25, 0.3) is 0 Å². The van der Waals surface area contributed by atoms with Crippen LogP contribution in [0.4, 0.5) is 0 Å². The Morgan fingerprint density at radius 2 is 1.96 bits per heavy atom. The Balaban J connectivity index is 1.52. The number of methoxy groups -OCH3 is 1. The third-order valence-electron chi connectivity index (χ3n) is 4.19. The fraction of sp³-hybridized carbons (Fsp3) is 0.471. The highest BCUT2D eigenvalue weighted by molar-refractivity contribution is 5.79. The van der Waals surface area contributed by atoms with Gasteiger partial charge in [0, 0.05) is 26.6 Å². The maximum atomic E-state index is 5.17. The lowest BCUT2D eigenvalue weighted by molar-refractivity contribution is 0.414. The second kappa shape index (κ2) is 7.81. The molecule has 2 N–H and O–H groups in total. The molecule has 1 aromatic heterocycles. The lowest BCUT2D eigenvalue weighted by atomic mass is 10.2. The van der Waals surface area contributed by atoms with E-state index in [1.165, 1.54) is 18.4 Å². The van der Waals surface area contributed by atoms with Gasteiger partial charge < -0.3 is 19.9 Å². The fourth-order valence-electron chi connectivity index (χ4n) is 2.81. The molecule has 0 unspecified atom stereocenters. The minimum absolute atomic E-state index is 0.620. The van der Waals surface area contributed by atoms with E-state index in [2.05, 4.69) is 30.4 Å². The van der Waals surface area contributed by atoms with E-state index in [1.54, 1.807) is 14.2 Å². The summed E-state index contributed by atoms with van der Waals surface area (Å²) in [5, 5.41) is 15.2. The summed E-state index contributed by atoms with van der Waals surface area (Å²) in [5.41, 5.74) is 1.17. The first-order valence-electron chi connectivity index (χ1n) is 8.28. The lowest BCUT2D eigenvalue weighted by Crippen LogP contribution is -2.37. The second-order valence-corrected chi connectivity index (χ2v) is 5.77. The highest BCUT2D eigenvalue weighted by atomic mass is 16.5. The lowest BCUT2D eigenvalue weighted by Gasteiger charge is -2.16. The van der Waals surface area contributed by atoms with Crippen LogP contribution in [-0.4, -0.2) is 34.9 Å². The van der Waals surface area contributed by atoms with Gasteiger partial charge in [-0.2, -0.15) is 0 Å². The smallest absolute Gasteiger partial charge is 0.191 e. The molecule has 0 amide bonds. The summed E-state index contributed by atoms with van der Waals surface area (Å²) < 4.78 is 7.39. The molecule has 0 saturated heterocycles. The molecule has 0 spiro atoms. The van der Waals surface area contributed by atoms with Crippen molar-refractivity contribution in [3.05, 3.63) is 41.5 Å². The predicted octanol–water partition coefficient (Wildman–Crippen LogP) is 1.49. The summed E-state index contributed by atoms with van der Waals surface area (Å²) in [5.74, 6) is 3.67. The Bertz CT molecular complexity index is 692. The monoisotopic (exact) mass is 328 g/mol. The van der Waals surface area contributed by atoms with Crippen LogP contribution >= 0.6 is 0 Å². The Kier molecular flexibility index (Phi) is 5.30. The summed E-state index contributed by atoms with van der Waals surface area (Å²) in [4.78, 5) is 4.26. The Labute approximate surface area is 142 Å². The fourth-order valence-corrected chi connectivity index (χ4v) is 2.81. The van der Waals surface area contributed by atoms with Crippen molar-refractivity contribution in [2.24, 2.45) is 4.99 Å². The van der Waals surface area contributed by atoms with Gasteiger partial charge in [0.15, 0.2) is 11.8 Å². The first-order valence-corrected chi connectivity index (χ1v) is 8.28. The molecule has 0 fully saturated rings. The summed E-state index contributed by atoms with van der Waals surface area (Å²) >= 11 is 0. The topological polar surface area (TPSA) is 76.4 Å². The first kappa shape index (κ1) is 16.3. The van der Waals surface area contributed by atoms with Crippen molar-refractivity contribution >= 4 is 5.96 Å². The number of aryl methyl sites for hydroxylation is 1. The van der Waals surface area contributed by atoms with Gasteiger partial charge in [-0.1, -0.05) is 12.1 Å². The van der Waals surface area contributed by atoms with Gasteiger partial charge in [-0.25, -0.2) is 0 Å². The van der Waals surface area contributed by atoms with Crippen molar-refractivity contribution in [1.82, 2.24) is 25.4 Å². The van der Waals surface area contributed by atoms with Crippen molar-refractivity contribution in [2.75, 3.05) is 14.2 Å². The second-order valence-electron chi connectivity index (χ2n) is 5.77. The zero-order chi connectivity index (χ0) is 16.8. The van der Waals surface area contributed by atoms with Crippen LogP contribution in [0.1, 0.15) is 30.1 Å². The number of nitrogens with zero attached hydrogens (tertiary/aromatic N) is 4. The number of ether oxygens (including phenoxy) is 1. The molecule has 1 aliphatic heterocycles. The number of aliphatic imine (C=N–C) groups is 1. The van der Waals surface area contributed by atoms with E-state index in [4.69, 9.17) is 4.74 Å². The summed E-state index contributed by atoms with van der Waals surface area (Å²) in [6, 6.07) is 7.98. The molecule has 0 aliphatic carbocycles. The number of hydrogen-bond acceptors (Lipinski definition) is 4. The number of benzene rings is 1. The molecule has 7 heteroatoms. The molecule has 2 heterocycles. The number of rotatable bonds is 5. The molecule has 1 aromatic carbocycles. The van der Waals surface area contributed by atoms with Crippen LogP contribution in [0.2, 0.25) is 0 Å².